The van der Waals surface area contributed by atoms with Crippen LogP contribution in [-0.2, 0) is 7.05 Å². The van der Waals surface area contributed by atoms with Gasteiger partial charge in [0.1, 0.15) is 6.33 Å². The molecular weight excluding hydrogens is 206 g/mol. The van der Waals surface area contributed by atoms with Crippen molar-refractivity contribution in [3.05, 3.63) is 36.2 Å². The fourth-order valence-electron chi connectivity index (χ4n) is 1.28. The summed E-state index contributed by atoms with van der Waals surface area (Å²) in [4.78, 5) is 15.7. The van der Waals surface area contributed by atoms with E-state index in [1.165, 1.54) is 11.0 Å². The van der Waals surface area contributed by atoms with Crippen molar-refractivity contribution in [1.29, 1.82) is 0 Å². The summed E-state index contributed by atoms with van der Waals surface area (Å²) in [6, 6.07) is 6.85. The van der Waals surface area contributed by atoms with Crippen LogP contribution in [0.2, 0.25) is 0 Å². The molecule has 6 nitrogen and oxygen atoms in total. The molecule has 6 heteroatoms. The minimum Gasteiger partial charge on any atom is -0.398 e. The lowest BCUT2D eigenvalue weighted by Gasteiger charge is -2.05. The number of para-hydroxylation sites is 1. The lowest BCUT2D eigenvalue weighted by molar-refractivity contribution is 0.102. The standard InChI is InChI=1S/C10H11N5O/c1-15-10(12-6-13-15)14-9(16)7-4-2-3-5-8(7)11/h2-6H,11H2,1H3,(H,12,13,14,16). The third kappa shape index (κ3) is 1.85. The maximum atomic E-state index is 11.8. The highest BCUT2D eigenvalue weighted by Crippen LogP contribution is 2.12. The number of benzene rings is 1. The summed E-state index contributed by atoms with van der Waals surface area (Å²) in [6.07, 6.45) is 1.37. The Hall–Kier alpha value is -2.37. The molecule has 0 unspecified atom stereocenters. The maximum absolute atomic E-state index is 11.8. The summed E-state index contributed by atoms with van der Waals surface area (Å²) >= 11 is 0. The van der Waals surface area contributed by atoms with E-state index in [9.17, 15) is 4.79 Å². The predicted molar refractivity (Wildman–Crippen MR) is 59.8 cm³/mol. The topological polar surface area (TPSA) is 85.8 Å². The zero-order valence-corrected chi connectivity index (χ0v) is 8.71. The number of carbonyl (C=O) groups is 1. The molecule has 3 N–H and O–H groups in total. The van der Waals surface area contributed by atoms with E-state index in [2.05, 4.69) is 15.4 Å². The van der Waals surface area contributed by atoms with E-state index in [0.717, 1.165) is 0 Å². The van der Waals surface area contributed by atoms with Crippen LogP contribution in [-0.4, -0.2) is 20.7 Å². The molecule has 1 aromatic heterocycles. The summed E-state index contributed by atoms with van der Waals surface area (Å²) < 4.78 is 1.47. The van der Waals surface area contributed by atoms with Crippen molar-refractivity contribution in [3.63, 3.8) is 0 Å². The number of hydrogen-bond acceptors (Lipinski definition) is 4. The number of nitrogen functional groups attached to an aromatic ring is 1. The monoisotopic (exact) mass is 217 g/mol. The Morgan fingerprint density at radius 1 is 1.44 bits per heavy atom. The number of nitrogens with one attached hydrogen (secondary N) is 1. The number of aryl methyl sites for hydroxylation is 1. The second-order valence-corrected chi connectivity index (χ2v) is 3.25. The van der Waals surface area contributed by atoms with E-state index in [1.807, 2.05) is 0 Å². The van der Waals surface area contributed by atoms with Crippen LogP contribution in [0.5, 0.6) is 0 Å². The molecule has 0 radical (unpaired) electrons. The molecule has 0 saturated carbocycles. The Bertz CT molecular complexity index is 519. The van der Waals surface area contributed by atoms with Crippen LogP contribution in [0.4, 0.5) is 11.6 Å². The first-order valence-corrected chi connectivity index (χ1v) is 4.68. The number of aromatic nitrogens is 3. The number of hydrogen-bond donors (Lipinski definition) is 2. The summed E-state index contributed by atoms with van der Waals surface area (Å²) in [5, 5.41) is 6.46. The number of amides is 1. The molecule has 0 atom stereocenters. The van der Waals surface area contributed by atoms with Gasteiger partial charge in [-0.25, -0.2) is 4.68 Å². The first kappa shape index (κ1) is 10.2. The first-order valence-electron chi connectivity index (χ1n) is 4.68. The Labute approximate surface area is 92.1 Å². The van der Waals surface area contributed by atoms with Gasteiger partial charge in [0.05, 0.1) is 5.56 Å². The van der Waals surface area contributed by atoms with Gasteiger partial charge < -0.3 is 5.73 Å². The van der Waals surface area contributed by atoms with Crippen LogP contribution in [0, 0.1) is 0 Å². The molecule has 0 aliphatic rings. The van der Waals surface area contributed by atoms with Gasteiger partial charge in [0.15, 0.2) is 0 Å². The van der Waals surface area contributed by atoms with Gasteiger partial charge in [-0.2, -0.15) is 10.1 Å². The van der Waals surface area contributed by atoms with E-state index in [4.69, 9.17) is 5.73 Å². The van der Waals surface area contributed by atoms with Crippen molar-refractivity contribution in [1.82, 2.24) is 14.8 Å². The van der Waals surface area contributed by atoms with E-state index >= 15 is 0 Å². The Morgan fingerprint density at radius 2 is 2.19 bits per heavy atom. The molecule has 0 fully saturated rings. The molecule has 2 rings (SSSR count). The summed E-state index contributed by atoms with van der Waals surface area (Å²) in [7, 11) is 1.69. The number of nitrogens with two attached hydrogens (primary N) is 1. The maximum Gasteiger partial charge on any atom is 0.260 e. The normalized spacial score (nSPS) is 10.1. The fourth-order valence-corrected chi connectivity index (χ4v) is 1.28. The zero-order chi connectivity index (χ0) is 11.5. The molecule has 0 aliphatic carbocycles. The molecule has 1 aromatic carbocycles. The largest absolute Gasteiger partial charge is 0.398 e. The number of rotatable bonds is 2. The average molecular weight is 217 g/mol. The molecule has 16 heavy (non-hydrogen) atoms. The molecule has 0 aliphatic heterocycles. The third-order valence-corrected chi connectivity index (χ3v) is 2.14. The van der Waals surface area contributed by atoms with Gasteiger partial charge in [0.25, 0.3) is 5.91 Å². The smallest absolute Gasteiger partial charge is 0.260 e. The van der Waals surface area contributed by atoms with E-state index in [1.54, 1.807) is 31.3 Å². The van der Waals surface area contributed by atoms with Gasteiger partial charge in [-0.15, -0.1) is 0 Å². The van der Waals surface area contributed by atoms with Crippen molar-refractivity contribution >= 4 is 17.5 Å². The second kappa shape index (κ2) is 4.01. The fraction of sp³-hybridized carbons (Fsp3) is 0.100. The molecule has 82 valence electrons. The number of anilines is 2. The third-order valence-electron chi connectivity index (χ3n) is 2.14. The molecule has 0 spiro atoms. The lowest BCUT2D eigenvalue weighted by Crippen LogP contribution is -2.16. The SMILES string of the molecule is Cn1ncnc1NC(=O)c1ccccc1N. The van der Waals surface area contributed by atoms with Crippen LogP contribution >= 0.6 is 0 Å². The van der Waals surface area contributed by atoms with E-state index < -0.39 is 0 Å². The van der Waals surface area contributed by atoms with Crippen molar-refractivity contribution in [2.75, 3.05) is 11.1 Å². The van der Waals surface area contributed by atoms with Crippen LogP contribution in [0.1, 0.15) is 10.4 Å². The van der Waals surface area contributed by atoms with Crippen molar-refractivity contribution in [2.45, 2.75) is 0 Å². The van der Waals surface area contributed by atoms with Crippen molar-refractivity contribution < 1.29 is 4.79 Å². The van der Waals surface area contributed by atoms with E-state index in [0.29, 0.717) is 17.2 Å². The molecule has 2 aromatic rings. The Morgan fingerprint density at radius 3 is 2.81 bits per heavy atom. The minimum atomic E-state index is -0.297. The Kier molecular flexibility index (Phi) is 2.55. The van der Waals surface area contributed by atoms with Crippen LogP contribution < -0.4 is 11.1 Å². The highest BCUT2D eigenvalue weighted by molar-refractivity contribution is 6.06. The van der Waals surface area contributed by atoms with Gasteiger partial charge in [0, 0.05) is 12.7 Å². The second-order valence-electron chi connectivity index (χ2n) is 3.25. The van der Waals surface area contributed by atoms with E-state index in [-0.39, 0.29) is 5.91 Å². The van der Waals surface area contributed by atoms with Gasteiger partial charge in [-0.1, -0.05) is 12.1 Å². The lowest BCUT2D eigenvalue weighted by atomic mass is 10.2. The molecule has 1 heterocycles. The summed E-state index contributed by atoms with van der Waals surface area (Å²) in [5.74, 6) is 0.0856. The minimum absolute atomic E-state index is 0.297. The first-order chi connectivity index (χ1) is 7.68. The van der Waals surface area contributed by atoms with Gasteiger partial charge in [0.2, 0.25) is 5.95 Å². The highest BCUT2D eigenvalue weighted by Gasteiger charge is 2.11. The Balaban J connectivity index is 2.22. The zero-order valence-electron chi connectivity index (χ0n) is 8.71. The molecule has 0 bridgehead atoms. The van der Waals surface area contributed by atoms with Crippen LogP contribution in [0.15, 0.2) is 30.6 Å². The van der Waals surface area contributed by atoms with Crippen molar-refractivity contribution in [2.24, 2.45) is 7.05 Å². The highest BCUT2D eigenvalue weighted by atomic mass is 16.1. The van der Waals surface area contributed by atoms with Crippen molar-refractivity contribution in [3.8, 4) is 0 Å². The average Bonchev–Trinajstić information content (AvgIpc) is 2.65. The predicted octanol–water partition coefficient (Wildman–Crippen LogP) is 0.650. The van der Waals surface area contributed by atoms with Crippen LogP contribution in [0.3, 0.4) is 0 Å². The molecule has 0 saturated heterocycles. The van der Waals surface area contributed by atoms with Gasteiger partial charge in [-0.3, -0.25) is 10.1 Å². The summed E-state index contributed by atoms with van der Waals surface area (Å²) in [5.41, 5.74) is 6.54. The summed E-state index contributed by atoms with van der Waals surface area (Å²) in [6.45, 7) is 0. The molecular formula is C10H11N5O. The van der Waals surface area contributed by atoms with Crippen LogP contribution in [0.25, 0.3) is 0 Å². The van der Waals surface area contributed by atoms with Gasteiger partial charge in [-0.05, 0) is 12.1 Å². The van der Waals surface area contributed by atoms with Gasteiger partial charge >= 0.3 is 0 Å². The number of nitrogens with zero attached hydrogens (tertiary/aromatic N) is 3. The molecule has 1 amide bonds. The number of carbonyl (C=O) groups excluding carboxylic acids is 1. The quantitative estimate of drug-likeness (QED) is 0.723.